The summed E-state index contributed by atoms with van der Waals surface area (Å²) in [6, 6.07) is 7.41. The minimum Gasteiger partial charge on any atom is -0.459 e. The highest BCUT2D eigenvalue weighted by atomic mass is 16.3. The van der Waals surface area contributed by atoms with E-state index < -0.39 is 0 Å². The second kappa shape index (κ2) is 7.82. The van der Waals surface area contributed by atoms with Crippen LogP contribution in [0.1, 0.15) is 46.7 Å². The van der Waals surface area contributed by atoms with Gasteiger partial charge in [-0.05, 0) is 37.1 Å². The Morgan fingerprint density at radius 2 is 1.85 bits per heavy atom. The van der Waals surface area contributed by atoms with E-state index in [4.69, 9.17) is 4.42 Å². The van der Waals surface area contributed by atoms with Crippen LogP contribution < -0.4 is 10.2 Å². The number of nitrogens with one attached hydrogen (secondary N) is 1. The zero-order valence-electron chi connectivity index (χ0n) is 15.3. The molecule has 2 amide bonds. The van der Waals surface area contributed by atoms with Gasteiger partial charge in [0.1, 0.15) is 5.69 Å². The number of piperazine rings is 1. The van der Waals surface area contributed by atoms with E-state index in [-0.39, 0.29) is 11.8 Å². The monoisotopic (exact) mass is 368 g/mol. The summed E-state index contributed by atoms with van der Waals surface area (Å²) in [5, 5.41) is 3.06. The molecule has 2 aliphatic rings. The molecule has 0 unspecified atom stereocenters. The van der Waals surface area contributed by atoms with Gasteiger partial charge in [0.2, 0.25) is 0 Å². The van der Waals surface area contributed by atoms with Crippen LogP contribution in [-0.4, -0.2) is 53.9 Å². The molecule has 0 bridgehead atoms. The molecule has 2 fully saturated rings. The van der Waals surface area contributed by atoms with Crippen molar-refractivity contribution in [2.75, 3.05) is 31.1 Å². The molecule has 1 aliphatic carbocycles. The molecule has 1 saturated heterocycles. The minimum absolute atomic E-state index is 0.0725. The molecule has 4 rings (SSSR count). The van der Waals surface area contributed by atoms with E-state index >= 15 is 0 Å². The van der Waals surface area contributed by atoms with Crippen LogP contribution in [0.15, 0.2) is 41.1 Å². The Balaban J connectivity index is 1.32. The van der Waals surface area contributed by atoms with Crippen molar-refractivity contribution in [1.29, 1.82) is 0 Å². The summed E-state index contributed by atoms with van der Waals surface area (Å²) >= 11 is 0. The van der Waals surface area contributed by atoms with E-state index in [1.807, 2.05) is 6.07 Å². The summed E-state index contributed by atoms with van der Waals surface area (Å²) in [5.41, 5.74) is 1.43. The maximum atomic E-state index is 12.3. The highest BCUT2D eigenvalue weighted by molar-refractivity contribution is 5.93. The standard InChI is InChI=1S/C20H24N4O3/c25-19(22-15-4-1-2-5-15)17-8-7-16(14-21-17)23-9-11-24(12-10-23)20(26)18-6-3-13-27-18/h3,6-8,13-15H,1-2,4-5,9-12H2,(H,22,25). The Kier molecular flexibility index (Phi) is 5.09. The van der Waals surface area contributed by atoms with Gasteiger partial charge in [-0.3, -0.25) is 9.59 Å². The van der Waals surface area contributed by atoms with Gasteiger partial charge >= 0.3 is 0 Å². The molecule has 1 N–H and O–H groups in total. The number of amides is 2. The molecule has 2 aromatic heterocycles. The molecule has 7 nitrogen and oxygen atoms in total. The predicted molar refractivity (Wildman–Crippen MR) is 101 cm³/mol. The molecule has 7 heteroatoms. The van der Waals surface area contributed by atoms with Crippen LogP contribution in [0.25, 0.3) is 0 Å². The summed E-state index contributed by atoms with van der Waals surface area (Å²) in [5.74, 6) is 0.210. The molecule has 1 saturated carbocycles. The third kappa shape index (κ3) is 3.97. The SMILES string of the molecule is O=C(NC1CCCC1)c1ccc(N2CCN(C(=O)c3ccco3)CC2)cn1. The molecule has 0 radical (unpaired) electrons. The lowest BCUT2D eigenvalue weighted by Crippen LogP contribution is -2.48. The van der Waals surface area contributed by atoms with Crippen LogP contribution in [0.2, 0.25) is 0 Å². The lowest BCUT2D eigenvalue weighted by molar-refractivity contribution is 0.0714. The second-order valence-corrected chi connectivity index (χ2v) is 7.11. The Morgan fingerprint density at radius 3 is 2.48 bits per heavy atom. The Hall–Kier alpha value is -2.83. The second-order valence-electron chi connectivity index (χ2n) is 7.11. The molecular formula is C20H24N4O3. The van der Waals surface area contributed by atoms with Crippen molar-refractivity contribution >= 4 is 17.5 Å². The highest BCUT2D eigenvalue weighted by Crippen LogP contribution is 2.19. The molecule has 3 heterocycles. The van der Waals surface area contributed by atoms with Crippen molar-refractivity contribution < 1.29 is 14.0 Å². The van der Waals surface area contributed by atoms with Crippen molar-refractivity contribution in [3.8, 4) is 0 Å². The van der Waals surface area contributed by atoms with E-state index in [0.29, 0.717) is 30.6 Å². The van der Waals surface area contributed by atoms with Gasteiger partial charge in [-0.2, -0.15) is 0 Å². The van der Waals surface area contributed by atoms with Crippen LogP contribution in [0.3, 0.4) is 0 Å². The largest absolute Gasteiger partial charge is 0.459 e. The van der Waals surface area contributed by atoms with Crippen LogP contribution in [0, 0.1) is 0 Å². The number of hydrogen-bond acceptors (Lipinski definition) is 5. The predicted octanol–water partition coefficient (Wildman–Crippen LogP) is 2.31. The maximum Gasteiger partial charge on any atom is 0.289 e. The average Bonchev–Trinajstić information content (AvgIpc) is 3.42. The third-order valence-corrected chi connectivity index (χ3v) is 5.33. The first-order valence-corrected chi connectivity index (χ1v) is 9.55. The van der Waals surface area contributed by atoms with Crippen LogP contribution in [-0.2, 0) is 0 Å². The van der Waals surface area contributed by atoms with E-state index in [1.54, 1.807) is 29.3 Å². The summed E-state index contributed by atoms with van der Waals surface area (Å²) in [7, 11) is 0. The number of anilines is 1. The first kappa shape index (κ1) is 17.6. The van der Waals surface area contributed by atoms with E-state index in [0.717, 1.165) is 31.6 Å². The maximum absolute atomic E-state index is 12.3. The van der Waals surface area contributed by atoms with Gasteiger partial charge in [-0.15, -0.1) is 0 Å². The zero-order valence-corrected chi connectivity index (χ0v) is 15.3. The quantitative estimate of drug-likeness (QED) is 0.896. The van der Waals surface area contributed by atoms with Gasteiger partial charge in [-0.25, -0.2) is 4.98 Å². The first-order valence-electron chi connectivity index (χ1n) is 9.55. The normalized spacial score (nSPS) is 17.9. The highest BCUT2D eigenvalue weighted by Gasteiger charge is 2.24. The van der Waals surface area contributed by atoms with Crippen LogP contribution >= 0.6 is 0 Å². The third-order valence-electron chi connectivity index (χ3n) is 5.33. The van der Waals surface area contributed by atoms with E-state index in [2.05, 4.69) is 15.2 Å². The average molecular weight is 368 g/mol. The van der Waals surface area contributed by atoms with Crippen LogP contribution in [0.4, 0.5) is 5.69 Å². The van der Waals surface area contributed by atoms with Gasteiger partial charge in [0.25, 0.3) is 11.8 Å². The van der Waals surface area contributed by atoms with Crippen LogP contribution in [0.5, 0.6) is 0 Å². The molecule has 2 aromatic rings. The van der Waals surface area contributed by atoms with Crippen molar-refractivity contribution in [3.63, 3.8) is 0 Å². The summed E-state index contributed by atoms with van der Waals surface area (Å²) in [6.45, 7) is 2.70. The Bertz CT molecular complexity index is 774. The van der Waals surface area contributed by atoms with Crippen molar-refractivity contribution in [2.45, 2.75) is 31.7 Å². The Morgan fingerprint density at radius 1 is 1.07 bits per heavy atom. The smallest absolute Gasteiger partial charge is 0.289 e. The number of rotatable bonds is 4. The van der Waals surface area contributed by atoms with Gasteiger partial charge in [0.05, 0.1) is 18.1 Å². The summed E-state index contributed by atoms with van der Waals surface area (Å²) in [4.78, 5) is 32.9. The van der Waals surface area contributed by atoms with Gasteiger partial charge < -0.3 is 19.5 Å². The fourth-order valence-corrected chi connectivity index (χ4v) is 3.76. The summed E-state index contributed by atoms with van der Waals surface area (Å²) < 4.78 is 5.19. The minimum atomic E-state index is -0.0951. The number of furan rings is 1. The molecule has 0 aromatic carbocycles. The lowest BCUT2D eigenvalue weighted by atomic mass is 10.2. The Labute approximate surface area is 158 Å². The molecule has 142 valence electrons. The molecule has 0 atom stereocenters. The van der Waals surface area contributed by atoms with Gasteiger partial charge in [0, 0.05) is 32.2 Å². The van der Waals surface area contributed by atoms with Gasteiger partial charge in [-0.1, -0.05) is 12.8 Å². The fourth-order valence-electron chi connectivity index (χ4n) is 3.76. The lowest BCUT2D eigenvalue weighted by Gasteiger charge is -2.35. The first-order chi connectivity index (χ1) is 13.2. The number of carbonyl (C=O) groups is 2. The fraction of sp³-hybridized carbons (Fsp3) is 0.450. The topological polar surface area (TPSA) is 78.7 Å². The zero-order chi connectivity index (χ0) is 18.6. The molecule has 1 aliphatic heterocycles. The van der Waals surface area contributed by atoms with E-state index in [1.165, 1.54) is 19.1 Å². The summed E-state index contributed by atoms with van der Waals surface area (Å²) in [6.07, 6.45) is 7.75. The number of hydrogen-bond donors (Lipinski definition) is 1. The molecule has 27 heavy (non-hydrogen) atoms. The number of aromatic nitrogens is 1. The molecular weight excluding hydrogens is 344 g/mol. The van der Waals surface area contributed by atoms with Crippen molar-refractivity contribution in [3.05, 3.63) is 48.2 Å². The number of pyridine rings is 1. The molecule has 0 spiro atoms. The van der Waals surface area contributed by atoms with E-state index in [9.17, 15) is 9.59 Å². The van der Waals surface area contributed by atoms with Gasteiger partial charge in [0.15, 0.2) is 5.76 Å². The van der Waals surface area contributed by atoms with Crippen molar-refractivity contribution in [1.82, 2.24) is 15.2 Å². The van der Waals surface area contributed by atoms with Crippen molar-refractivity contribution in [2.24, 2.45) is 0 Å². The number of carbonyl (C=O) groups excluding carboxylic acids is 2. The number of nitrogens with zero attached hydrogens (tertiary/aromatic N) is 3.